The maximum Gasteiger partial charge on any atom is 0.290 e. The van der Waals surface area contributed by atoms with Gasteiger partial charge in [-0.15, -0.1) is 0 Å². The van der Waals surface area contributed by atoms with Gasteiger partial charge in [0.15, 0.2) is 5.43 Å². The number of rotatable bonds is 4. The smallest absolute Gasteiger partial charge is 0.290 e. The summed E-state index contributed by atoms with van der Waals surface area (Å²) in [5, 5.41) is 1.11. The highest BCUT2D eigenvalue weighted by Gasteiger charge is 2.42. The van der Waals surface area contributed by atoms with E-state index in [0.717, 1.165) is 16.7 Å². The van der Waals surface area contributed by atoms with Crippen LogP contribution in [0.1, 0.15) is 38.9 Å². The fraction of sp³-hybridized carbons (Fsp3) is 0.273. The van der Waals surface area contributed by atoms with Gasteiger partial charge in [-0.05, 0) is 48.7 Å². The molecule has 0 saturated carbocycles. The molecule has 0 saturated heterocycles. The quantitative estimate of drug-likeness (QED) is 0.660. The molecule has 144 valence electrons. The predicted octanol–water partition coefficient (Wildman–Crippen LogP) is 4.25. The van der Waals surface area contributed by atoms with Crippen LogP contribution in [0.5, 0.6) is 0 Å². The Hall–Kier alpha value is -2.63. The van der Waals surface area contributed by atoms with Crippen molar-refractivity contribution in [3.05, 3.63) is 79.7 Å². The average Bonchev–Trinajstić information content (AvgIpc) is 2.92. The number of hydrogen-bond donors (Lipinski definition) is 0. The Labute approximate surface area is 167 Å². The highest BCUT2D eigenvalue weighted by atomic mass is 35.5. The number of carbonyl (C=O) groups excluding carboxylic acids is 1. The molecule has 1 atom stereocenters. The van der Waals surface area contributed by atoms with Crippen LogP contribution in [0.3, 0.4) is 0 Å². The van der Waals surface area contributed by atoms with Crippen LogP contribution in [-0.4, -0.2) is 31.1 Å². The minimum atomic E-state index is -0.531. The second-order valence-corrected chi connectivity index (χ2v) is 7.51. The summed E-state index contributed by atoms with van der Waals surface area (Å²) in [6.07, 6.45) is 0. The predicted molar refractivity (Wildman–Crippen MR) is 108 cm³/mol. The van der Waals surface area contributed by atoms with Gasteiger partial charge in [-0.2, -0.15) is 0 Å². The summed E-state index contributed by atoms with van der Waals surface area (Å²) in [5.74, 6) is -0.191. The van der Waals surface area contributed by atoms with Crippen molar-refractivity contribution < 1.29 is 13.9 Å². The number of ether oxygens (including phenoxy) is 1. The molecule has 1 aliphatic heterocycles. The Morgan fingerprint density at radius 1 is 1.14 bits per heavy atom. The molecule has 1 aliphatic rings. The van der Waals surface area contributed by atoms with E-state index in [2.05, 4.69) is 0 Å². The van der Waals surface area contributed by atoms with E-state index in [1.54, 1.807) is 30.2 Å². The number of aryl methyl sites for hydroxylation is 2. The molecule has 1 amide bonds. The zero-order valence-corrected chi connectivity index (χ0v) is 16.7. The molecule has 4 rings (SSSR count). The standard InChI is InChI=1S/C22H20ClNO4/c1-12-10-13(2)17-16(11-12)28-21-18(20(17)25)19(14-4-6-15(23)7-5-14)24(22(21)26)8-9-27-3/h4-7,10-11,19H,8-9H2,1-3H3. The van der Waals surface area contributed by atoms with Gasteiger partial charge in [-0.1, -0.05) is 29.8 Å². The molecule has 0 radical (unpaired) electrons. The van der Waals surface area contributed by atoms with Gasteiger partial charge in [0.25, 0.3) is 5.91 Å². The van der Waals surface area contributed by atoms with Crippen molar-refractivity contribution >= 4 is 28.5 Å². The number of fused-ring (bicyclic) bond motifs is 2. The van der Waals surface area contributed by atoms with Crippen LogP contribution in [0.15, 0.2) is 45.6 Å². The highest BCUT2D eigenvalue weighted by molar-refractivity contribution is 6.30. The summed E-state index contributed by atoms with van der Waals surface area (Å²) in [5.41, 5.74) is 3.28. The number of carbonyl (C=O) groups is 1. The molecule has 0 bridgehead atoms. The average molecular weight is 398 g/mol. The first kappa shape index (κ1) is 18.7. The van der Waals surface area contributed by atoms with E-state index in [0.29, 0.717) is 34.7 Å². The van der Waals surface area contributed by atoms with E-state index >= 15 is 0 Å². The van der Waals surface area contributed by atoms with Gasteiger partial charge < -0.3 is 14.1 Å². The molecular formula is C22H20ClNO4. The van der Waals surface area contributed by atoms with Crippen molar-refractivity contribution in [2.45, 2.75) is 19.9 Å². The number of halogens is 1. The minimum Gasteiger partial charge on any atom is -0.450 e. The Kier molecular flexibility index (Phi) is 4.73. The van der Waals surface area contributed by atoms with Gasteiger partial charge in [0.1, 0.15) is 5.58 Å². The molecular weight excluding hydrogens is 378 g/mol. The minimum absolute atomic E-state index is 0.110. The first-order chi connectivity index (χ1) is 13.4. The normalized spacial score (nSPS) is 16.1. The van der Waals surface area contributed by atoms with Gasteiger partial charge in [0.05, 0.1) is 23.6 Å². The maximum absolute atomic E-state index is 13.5. The fourth-order valence-electron chi connectivity index (χ4n) is 3.93. The van der Waals surface area contributed by atoms with E-state index in [1.807, 2.05) is 32.0 Å². The summed E-state index contributed by atoms with van der Waals surface area (Å²) >= 11 is 6.03. The largest absolute Gasteiger partial charge is 0.450 e. The van der Waals surface area contributed by atoms with E-state index in [1.165, 1.54) is 0 Å². The lowest BCUT2D eigenvalue weighted by Gasteiger charge is -2.24. The third kappa shape index (κ3) is 2.91. The highest BCUT2D eigenvalue weighted by Crippen LogP contribution is 2.38. The van der Waals surface area contributed by atoms with Crippen LogP contribution in [0, 0.1) is 13.8 Å². The molecule has 3 aromatic rings. The lowest BCUT2D eigenvalue weighted by atomic mass is 9.97. The molecule has 0 N–H and O–H groups in total. The van der Waals surface area contributed by atoms with Crippen LogP contribution in [0.2, 0.25) is 5.02 Å². The van der Waals surface area contributed by atoms with Crippen molar-refractivity contribution in [2.75, 3.05) is 20.3 Å². The molecule has 0 aliphatic carbocycles. The van der Waals surface area contributed by atoms with Gasteiger partial charge in [-0.25, -0.2) is 0 Å². The van der Waals surface area contributed by atoms with Gasteiger partial charge in [0, 0.05) is 18.7 Å². The molecule has 1 aromatic heterocycles. The van der Waals surface area contributed by atoms with Gasteiger partial charge in [-0.3, -0.25) is 9.59 Å². The third-order valence-electron chi connectivity index (χ3n) is 5.13. The Morgan fingerprint density at radius 2 is 1.86 bits per heavy atom. The summed E-state index contributed by atoms with van der Waals surface area (Å²) in [4.78, 5) is 28.2. The number of hydrogen-bond acceptors (Lipinski definition) is 4. The number of benzene rings is 2. The van der Waals surface area contributed by atoms with Crippen molar-refractivity contribution in [2.24, 2.45) is 0 Å². The second-order valence-electron chi connectivity index (χ2n) is 7.07. The second kappa shape index (κ2) is 7.08. The van der Waals surface area contributed by atoms with Crippen LogP contribution in [0.25, 0.3) is 11.0 Å². The molecule has 5 nitrogen and oxygen atoms in total. The Bertz CT molecular complexity index is 1130. The summed E-state index contributed by atoms with van der Waals surface area (Å²) in [6, 6.07) is 10.4. The lowest BCUT2D eigenvalue weighted by Crippen LogP contribution is -2.32. The number of methoxy groups -OCH3 is 1. The molecule has 2 aromatic carbocycles. The van der Waals surface area contributed by atoms with E-state index in [-0.39, 0.29) is 17.1 Å². The molecule has 1 unspecified atom stereocenters. The zero-order chi connectivity index (χ0) is 20.0. The van der Waals surface area contributed by atoms with Gasteiger partial charge >= 0.3 is 0 Å². The molecule has 2 heterocycles. The topological polar surface area (TPSA) is 59.8 Å². The van der Waals surface area contributed by atoms with E-state index in [9.17, 15) is 9.59 Å². The number of amides is 1. The van der Waals surface area contributed by atoms with Crippen molar-refractivity contribution in [1.82, 2.24) is 4.90 Å². The van der Waals surface area contributed by atoms with Crippen molar-refractivity contribution in [1.29, 1.82) is 0 Å². The molecule has 0 spiro atoms. The lowest BCUT2D eigenvalue weighted by molar-refractivity contribution is 0.0663. The van der Waals surface area contributed by atoms with E-state index < -0.39 is 6.04 Å². The fourth-order valence-corrected chi connectivity index (χ4v) is 4.05. The molecule has 28 heavy (non-hydrogen) atoms. The number of nitrogens with zero attached hydrogens (tertiary/aromatic N) is 1. The maximum atomic E-state index is 13.5. The zero-order valence-electron chi connectivity index (χ0n) is 15.9. The summed E-state index contributed by atoms with van der Waals surface area (Å²) in [7, 11) is 1.58. The Morgan fingerprint density at radius 3 is 2.54 bits per heavy atom. The van der Waals surface area contributed by atoms with E-state index in [4.69, 9.17) is 20.8 Å². The summed E-state index contributed by atoms with van der Waals surface area (Å²) in [6.45, 7) is 4.52. The van der Waals surface area contributed by atoms with Crippen LogP contribution < -0.4 is 5.43 Å². The van der Waals surface area contributed by atoms with Crippen LogP contribution >= 0.6 is 11.6 Å². The Balaban J connectivity index is 2.00. The van der Waals surface area contributed by atoms with Crippen molar-refractivity contribution in [3.63, 3.8) is 0 Å². The summed E-state index contributed by atoms with van der Waals surface area (Å²) < 4.78 is 11.2. The molecule has 6 heteroatoms. The van der Waals surface area contributed by atoms with Crippen LogP contribution in [-0.2, 0) is 4.74 Å². The monoisotopic (exact) mass is 397 g/mol. The van der Waals surface area contributed by atoms with Crippen molar-refractivity contribution in [3.8, 4) is 0 Å². The third-order valence-corrected chi connectivity index (χ3v) is 5.39. The van der Waals surface area contributed by atoms with Gasteiger partial charge in [0.2, 0.25) is 5.76 Å². The SMILES string of the molecule is COCCN1C(=O)c2oc3cc(C)cc(C)c3c(=O)c2C1c1ccc(Cl)cc1. The first-order valence-corrected chi connectivity index (χ1v) is 9.43. The van der Waals surface area contributed by atoms with Crippen LogP contribution in [0.4, 0.5) is 0 Å². The molecule has 0 fully saturated rings. The first-order valence-electron chi connectivity index (χ1n) is 9.05.